The van der Waals surface area contributed by atoms with E-state index in [1.54, 1.807) is 12.1 Å². The van der Waals surface area contributed by atoms with Crippen molar-refractivity contribution in [1.82, 2.24) is 14.9 Å². The molecule has 2 aromatic carbocycles. The minimum atomic E-state index is -0.304. The Bertz CT molecular complexity index is 1160. The van der Waals surface area contributed by atoms with Crippen LogP contribution in [0, 0.1) is 5.82 Å². The summed E-state index contributed by atoms with van der Waals surface area (Å²) in [5.41, 5.74) is 1.39. The normalized spacial score (nSPS) is 11.3. The molecule has 0 fully saturated rings. The highest BCUT2D eigenvalue weighted by molar-refractivity contribution is 7.17. The highest BCUT2D eigenvalue weighted by atomic mass is 32.1. The molecule has 2 aromatic heterocycles. The molecule has 0 aliphatic heterocycles. The van der Waals surface area contributed by atoms with E-state index in [1.807, 2.05) is 47.7 Å². The molecule has 0 amide bonds. The van der Waals surface area contributed by atoms with Crippen LogP contribution in [-0.2, 0) is 6.54 Å². The number of halogens is 1. The van der Waals surface area contributed by atoms with Crippen molar-refractivity contribution in [3.05, 3.63) is 82.0 Å². The number of aromatic amines is 1. The van der Waals surface area contributed by atoms with Crippen molar-refractivity contribution < 1.29 is 9.13 Å². The summed E-state index contributed by atoms with van der Waals surface area (Å²) in [5.74, 6) is 1.14. The van der Waals surface area contributed by atoms with Crippen molar-refractivity contribution in [3.63, 3.8) is 0 Å². The molecule has 0 saturated carbocycles. The zero-order valence-corrected chi connectivity index (χ0v) is 16.7. The molecule has 4 rings (SSSR count). The second kappa shape index (κ2) is 8.55. The SMILES string of the molecule is CN(CCOc1ccccc1)Cc1nc2scc(-c3ccc(F)cc3)c2c(=O)[nH]1. The van der Waals surface area contributed by atoms with Gasteiger partial charge in [-0.05, 0) is 36.9 Å². The van der Waals surface area contributed by atoms with Crippen molar-refractivity contribution in [1.29, 1.82) is 0 Å². The Morgan fingerprint density at radius 1 is 1.14 bits per heavy atom. The van der Waals surface area contributed by atoms with Crippen LogP contribution in [-0.4, -0.2) is 35.1 Å². The van der Waals surface area contributed by atoms with Gasteiger partial charge in [-0.25, -0.2) is 9.37 Å². The van der Waals surface area contributed by atoms with Crippen LogP contribution in [0.15, 0.2) is 64.8 Å². The van der Waals surface area contributed by atoms with Crippen LogP contribution >= 0.6 is 11.3 Å². The second-order valence-corrected chi connectivity index (χ2v) is 7.61. The lowest BCUT2D eigenvalue weighted by molar-refractivity contribution is 0.230. The van der Waals surface area contributed by atoms with E-state index in [0.717, 1.165) is 16.9 Å². The molecule has 0 spiro atoms. The van der Waals surface area contributed by atoms with E-state index in [1.165, 1.54) is 23.5 Å². The maximum Gasteiger partial charge on any atom is 0.260 e. The van der Waals surface area contributed by atoms with Crippen molar-refractivity contribution in [2.45, 2.75) is 6.54 Å². The monoisotopic (exact) mass is 409 g/mol. The van der Waals surface area contributed by atoms with Crippen LogP contribution in [0.25, 0.3) is 21.3 Å². The molecule has 0 aliphatic carbocycles. The van der Waals surface area contributed by atoms with E-state index in [-0.39, 0.29) is 11.4 Å². The van der Waals surface area contributed by atoms with Gasteiger partial charge in [0, 0.05) is 17.5 Å². The molecule has 0 atom stereocenters. The van der Waals surface area contributed by atoms with Crippen LogP contribution in [0.3, 0.4) is 0 Å². The van der Waals surface area contributed by atoms with Crippen LogP contribution in [0.1, 0.15) is 5.82 Å². The number of ether oxygens (including phenoxy) is 1. The minimum Gasteiger partial charge on any atom is -0.492 e. The van der Waals surface area contributed by atoms with Gasteiger partial charge in [0.2, 0.25) is 0 Å². The molecular weight excluding hydrogens is 389 g/mol. The van der Waals surface area contributed by atoms with Gasteiger partial charge < -0.3 is 9.72 Å². The zero-order chi connectivity index (χ0) is 20.2. The Morgan fingerprint density at radius 2 is 1.90 bits per heavy atom. The molecule has 0 bridgehead atoms. The second-order valence-electron chi connectivity index (χ2n) is 6.75. The van der Waals surface area contributed by atoms with Crippen LogP contribution in [0.4, 0.5) is 4.39 Å². The van der Waals surface area contributed by atoms with Crippen molar-refractivity contribution in [2.24, 2.45) is 0 Å². The molecule has 1 N–H and O–H groups in total. The summed E-state index contributed by atoms with van der Waals surface area (Å²) in [6.07, 6.45) is 0. The number of H-pyrrole nitrogens is 1. The summed E-state index contributed by atoms with van der Waals surface area (Å²) in [6, 6.07) is 15.8. The number of aromatic nitrogens is 2. The number of benzene rings is 2. The number of para-hydroxylation sites is 1. The minimum absolute atomic E-state index is 0.181. The Labute approximate surface area is 171 Å². The predicted octanol–water partition coefficient (Wildman–Crippen LogP) is 4.30. The molecule has 0 unspecified atom stereocenters. The number of nitrogens with one attached hydrogen (secondary N) is 1. The van der Waals surface area contributed by atoms with Gasteiger partial charge in [0.1, 0.15) is 28.8 Å². The molecule has 2 heterocycles. The highest BCUT2D eigenvalue weighted by Gasteiger charge is 2.14. The van der Waals surface area contributed by atoms with E-state index in [4.69, 9.17) is 4.74 Å². The van der Waals surface area contributed by atoms with E-state index < -0.39 is 0 Å². The van der Waals surface area contributed by atoms with Crippen LogP contribution in [0.5, 0.6) is 5.75 Å². The Morgan fingerprint density at radius 3 is 2.66 bits per heavy atom. The fourth-order valence-electron chi connectivity index (χ4n) is 3.08. The van der Waals surface area contributed by atoms with Crippen LogP contribution < -0.4 is 10.3 Å². The predicted molar refractivity (Wildman–Crippen MR) is 114 cm³/mol. The van der Waals surface area contributed by atoms with Gasteiger partial charge in [0.25, 0.3) is 5.56 Å². The maximum absolute atomic E-state index is 13.2. The first-order valence-corrected chi connectivity index (χ1v) is 10.1. The van der Waals surface area contributed by atoms with Crippen LogP contribution in [0.2, 0.25) is 0 Å². The lowest BCUT2D eigenvalue weighted by Gasteiger charge is -2.16. The maximum atomic E-state index is 13.2. The van der Waals surface area contributed by atoms with E-state index >= 15 is 0 Å². The third kappa shape index (κ3) is 4.52. The molecule has 0 saturated heterocycles. The number of hydrogen-bond donors (Lipinski definition) is 1. The third-order valence-corrected chi connectivity index (χ3v) is 5.43. The van der Waals surface area contributed by atoms with Gasteiger partial charge in [-0.1, -0.05) is 30.3 Å². The van der Waals surface area contributed by atoms with E-state index in [0.29, 0.717) is 35.7 Å². The number of nitrogens with zero attached hydrogens (tertiary/aromatic N) is 2. The average molecular weight is 409 g/mol. The van der Waals surface area contributed by atoms with Crippen molar-refractivity contribution in [3.8, 4) is 16.9 Å². The first kappa shape index (κ1) is 19.3. The van der Waals surface area contributed by atoms with Gasteiger partial charge in [-0.3, -0.25) is 9.69 Å². The number of thiophene rings is 1. The van der Waals surface area contributed by atoms with E-state index in [9.17, 15) is 9.18 Å². The first-order chi connectivity index (χ1) is 14.1. The van der Waals surface area contributed by atoms with Gasteiger partial charge >= 0.3 is 0 Å². The van der Waals surface area contributed by atoms with Crippen molar-refractivity contribution >= 4 is 21.6 Å². The summed E-state index contributed by atoms with van der Waals surface area (Å²) in [4.78, 5) is 22.9. The lowest BCUT2D eigenvalue weighted by Crippen LogP contribution is -2.26. The Hall–Kier alpha value is -3.03. The number of hydrogen-bond acceptors (Lipinski definition) is 5. The molecular formula is C22H20FN3O2S. The molecule has 0 radical (unpaired) electrons. The molecule has 4 aromatic rings. The average Bonchev–Trinajstić information content (AvgIpc) is 3.14. The Balaban J connectivity index is 1.46. The van der Waals surface area contributed by atoms with E-state index in [2.05, 4.69) is 9.97 Å². The van der Waals surface area contributed by atoms with Crippen molar-refractivity contribution in [2.75, 3.05) is 20.2 Å². The lowest BCUT2D eigenvalue weighted by atomic mass is 10.1. The molecule has 7 heteroatoms. The largest absolute Gasteiger partial charge is 0.492 e. The highest BCUT2D eigenvalue weighted by Crippen LogP contribution is 2.30. The van der Waals surface area contributed by atoms with Gasteiger partial charge in [0.05, 0.1) is 11.9 Å². The standard InChI is InChI=1S/C22H20FN3O2S/c1-26(11-12-28-17-5-3-2-4-6-17)13-19-24-21(27)20-18(14-29-22(20)25-19)15-7-9-16(23)10-8-15/h2-10,14H,11-13H2,1H3,(H,24,25,27). The van der Waals surface area contributed by atoms with Gasteiger partial charge in [-0.2, -0.15) is 0 Å². The fraction of sp³-hybridized carbons (Fsp3) is 0.182. The topological polar surface area (TPSA) is 58.2 Å². The quantitative estimate of drug-likeness (QED) is 0.494. The summed E-state index contributed by atoms with van der Waals surface area (Å²) >= 11 is 1.42. The zero-order valence-electron chi connectivity index (χ0n) is 15.9. The smallest absolute Gasteiger partial charge is 0.260 e. The molecule has 5 nitrogen and oxygen atoms in total. The van der Waals surface area contributed by atoms with Gasteiger partial charge in [-0.15, -0.1) is 11.3 Å². The summed E-state index contributed by atoms with van der Waals surface area (Å²) in [6.45, 7) is 1.75. The summed E-state index contributed by atoms with van der Waals surface area (Å²) < 4.78 is 18.9. The molecule has 29 heavy (non-hydrogen) atoms. The number of rotatable bonds is 7. The molecule has 148 valence electrons. The number of likely N-dealkylation sites (N-methyl/N-ethyl adjacent to an activating group) is 1. The number of fused-ring (bicyclic) bond motifs is 1. The Kier molecular flexibility index (Phi) is 5.69. The third-order valence-electron chi connectivity index (χ3n) is 4.55. The fourth-order valence-corrected chi connectivity index (χ4v) is 4.05. The first-order valence-electron chi connectivity index (χ1n) is 9.23. The molecule has 0 aliphatic rings. The summed E-state index contributed by atoms with van der Waals surface area (Å²) in [5, 5.41) is 2.43. The van der Waals surface area contributed by atoms with Gasteiger partial charge in [0.15, 0.2) is 0 Å². The summed E-state index contributed by atoms with van der Waals surface area (Å²) in [7, 11) is 1.96.